The molecule has 0 aliphatic carbocycles. The van der Waals surface area contributed by atoms with Crippen LogP contribution in [0.4, 0.5) is 0 Å². The van der Waals surface area contributed by atoms with Crippen molar-refractivity contribution in [3.63, 3.8) is 0 Å². The van der Waals surface area contributed by atoms with E-state index in [2.05, 4.69) is 51.1 Å². The smallest absolute Gasteiger partial charge is 0.0164 e. The number of hydrogen-bond donors (Lipinski definition) is 0. The van der Waals surface area contributed by atoms with E-state index in [0.29, 0.717) is 0 Å². The van der Waals surface area contributed by atoms with Gasteiger partial charge in [0.25, 0.3) is 0 Å². The van der Waals surface area contributed by atoms with Gasteiger partial charge in [0.2, 0.25) is 0 Å². The molecule has 0 heteroatoms. The fourth-order valence-corrected chi connectivity index (χ4v) is 1.87. The molecule has 0 radical (unpaired) electrons. The van der Waals surface area contributed by atoms with Crippen LogP contribution in [0.3, 0.4) is 0 Å². The van der Waals surface area contributed by atoms with Crippen LogP contribution in [0.15, 0.2) is 30.3 Å². The van der Waals surface area contributed by atoms with Crippen molar-refractivity contribution in [2.75, 3.05) is 0 Å². The van der Waals surface area contributed by atoms with Crippen molar-refractivity contribution in [1.82, 2.24) is 0 Å². The summed E-state index contributed by atoms with van der Waals surface area (Å²) in [6, 6.07) is 10.9. The van der Waals surface area contributed by atoms with Gasteiger partial charge in [-0.05, 0) is 30.2 Å². The van der Waals surface area contributed by atoms with Gasteiger partial charge in [-0.2, -0.15) is 0 Å². The summed E-state index contributed by atoms with van der Waals surface area (Å²) in [6.07, 6.45) is 3.93. The third-order valence-corrected chi connectivity index (χ3v) is 2.86. The Bertz CT molecular complexity index is 235. The molecule has 0 aromatic heterocycles. The van der Waals surface area contributed by atoms with E-state index in [1.54, 1.807) is 0 Å². The first-order valence-corrected chi connectivity index (χ1v) is 5.79. The van der Waals surface area contributed by atoms with Gasteiger partial charge in [0, 0.05) is 0 Å². The van der Waals surface area contributed by atoms with Crippen LogP contribution >= 0.6 is 0 Å². The van der Waals surface area contributed by atoms with Crippen LogP contribution in [-0.2, 0) is 0 Å². The number of hydrogen-bond acceptors (Lipinski definition) is 0. The minimum atomic E-state index is 0.763. The van der Waals surface area contributed by atoms with E-state index < -0.39 is 0 Å². The zero-order valence-electron chi connectivity index (χ0n) is 9.66. The zero-order valence-corrected chi connectivity index (χ0v) is 9.66. The lowest BCUT2D eigenvalue weighted by atomic mass is 9.89. The molecule has 0 aliphatic heterocycles. The van der Waals surface area contributed by atoms with Crippen molar-refractivity contribution in [2.45, 2.75) is 46.0 Å². The van der Waals surface area contributed by atoms with E-state index >= 15 is 0 Å². The van der Waals surface area contributed by atoms with Gasteiger partial charge < -0.3 is 0 Å². The SMILES string of the molecule is CCC(CCC(C)C)c1ccccc1. The molecule has 0 spiro atoms. The minimum absolute atomic E-state index is 0.763. The Labute approximate surface area is 88.4 Å². The van der Waals surface area contributed by atoms with Gasteiger partial charge >= 0.3 is 0 Å². The molecular weight excluding hydrogens is 168 g/mol. The summed E-state index contributed by atoms with van der Waals surface area (Å²) in [7, 11) is 0. The predicted molar refractivity (Wildman–Crippen MR) is 63.5 cm³/mol. The Kier molecular flexibility index (Phi) is 4.72. The molecule has 1 aromatic rings. The fourth-order valence-electron chi connectivity index (χ4n) is 1.87. The topological polar surface area (TPSA) is 0 Å². The van der Waals surface area contributed by atoms with Crippen molar-refractivity contribution in [2.24, 2.45) is 5.92 Å². The largest absolute Gasteiger partial charge is 0.0648 e. The van der Waals surface area contributed by atoms with Crippen LogP contribution in [0, 0.1) is 5.92 Å². The van der Waals surface area contributed by atoms with E-state index in [0.717, 1.165) is 11.8 Å². The Morgan fingerprint density at radius 1 is 1.00 bits per heavy atom. The molecule has 1 aromatic carbocycles. The monoisotopic (exact) mass is 190 g/mol. The molecule has 0 aliphatic rings. The maximum atomic E-state index is 2.30. The maximum Gasteiger partial charge on any atom is -0.0164 e. The predicted octanol–water partition coefficient (Wildman–Crippen LogP) is 4.62. The molecule has 0 saturated carbocycles. The first kappa shape index (κ1) is 11.3. The molecule has 0 N–H and O–H groups in total. The lowest BCUT2D eigenvalue weighted by Crippen LogP contribution is -1.99. The molecule has 0 heterocycles. The molecule has 0 saturated heterocycles. The Balaban J connectivity index is 2.54. The number of rotatable bonds is 5. The molecule has 1 unspecified atom stereocenters. The second kappa shape index (κ2) is 5.85. The van der Waals surface area contributed by atoms with E-state index in [4.69, 9.17) is 0 Å². The second-order valence-corrected chi connectivity index (χ2v) is 4.49. The van der Waals surface area contributed by atoms with Crippen LogP contribution in [0.2, 0.25) is 0 Å². The molecule has 78 valence electrons. The normalized spacial score (nSPS) is 13.1. The summed E-state index contributed by atoms with van der Waals surface area (Å²) in [5, 5.41) is 0. The summed E-state index contributed by atoms with van der Waals surface area (Å²) in [4.78, 5) is 0. The third kappa shape index (κ3) is 3.53. The summed E-state index contributed by atoms with van der Waals surface area (Å²) < 4.78 is 0. The summed E-state index contributed by atoms with van der Waals surface area (Å²) >= 11 is 0. The Morgan fingerprint density at radius 2 is 1.64 bits per heavy atom. The van der Waals surface area contributed by atoms with Crippen LogP contribution in [0.25, 0.3) is 0 Å². The lowest BCUT2D eigenvalue weighted by molar-refractivity contribution is 0.492. The highest BCUT2D eigenvalue weighted by Crippen LogP contribution is 2.25. The second-order valence-electron chi connectivity index (χ2n) is 4.49. The highest BCUT2D eigenvalue weighted by molar-refractivity contribution is 5.19. The summed E-state index contributed by atoms with van der Waals surface area (Å²) in [5.74, 6) is 1.59. The first-order valence-electron chi connectivity index (χ1n) is 5.79. The van der Waals surface area contributed by atoms with E-state index in [-0.39, 0.29) is 0 Å². The summed E-state index contributed by atoms with van der Waals surface area (Å²) in [5.41, 5.74) is 1.51. The van der Waals surface area contributed by atoms with Gasteiger partial charge in [-0.15, -0.1) is 0 Å². The fraction of sp³-hybridized carbons (Fsp3) is 0.571. The van der Waals surface area contributed by atoms with Crippen LogP contribution in [-0.4, -0.2) is 0 Å². The Hall–Kier alpha value is -0.780. The van der Waals surface area contributed by atoms with Crippen molar-refractivity contribution >= 4 is 0 Å². The molecule has 1 atom stereocenters. The molecular formula is C14H22. The number of benzene rings is 1. The quantitative estimate of drug-likeness (QED) is 0.635. The Morgan fingerprint density at radius 3 is 2.14 bits per heavy atom. The lowest BCUT2D eigenvalue weighted by Gasteiger charge is -2.16. The average Bonchev–Trinajstić information content (AvgIpc) is 2.20. The van der Waals surface area contributed by atoms with Gasteiger partial charge in [0.15, 0.2) is 0 Å². The van der Waals surface area contributed by atoms with E-state index in [1.807, 2.05) is 0 Å². The minimum Gasteiger partial charge on any atom is -0.0648 e. The average molecular weight is 190 g/mol. The molecule has 0 amide bonds. The van der Waals surface area contributed by atoms with Gasteiger partial charge in [0.05, 0.1) is 0 Å². The maximum absolute atomic E-state index is 2.30. The van der Waals surface area contributed by atoms with Gasteiger partial charge in [0.1, 0.15) is 0 Å². The molecule has 1 rings (SSSR count). The van der Waals surface area contributed by atoms with E-state index in [1.165, 1.54) is 24.8 Å². The van der Waals surface area contributed by atoms with Gasteiger partial charge in [-0.1, -0.05) is 57.5 Å². The third-order valence-electron chi connectivity index (χ3n) is 2.86. The molecule has 0 bridgehead atoms. The summed E-state index contributed by atoms with van der Waals surface area (Å²) in [6.45, 7) is 6.90. The van der Waals surface area contributed by atoms with Crippen LogP contribution in [0.5, 0.6) is 0 Å². The van der Waals surface area contributed by atoms with Crippen LogP contribution in [0.1, 0.15) is 51.5 Å². The molecule has 0 fully saturated rings. The standard InChI is InChI=1S/C14H22/c1-4-13(11-10-12(2)3)14-8-6-5-7-9-14/h5-9,12-13H,4,10-11H2,1-3H3. The van der Waals surface area contributed by atoms with Crippen molar-refractivity contribution in [1.29, 1.82) is 0 Å². The highest BCUT2D eigenvalue weighted by atomic mass is 14.1. The first-order chi connectivity index (χ1) is 6.74. The van der Waals surface area contributed by atoms with E-state index in [9.17, 15) is 0 Å². The molecule has 0 nitrogen and oxygen atoms in total. The highest BCUT2D eigenvalue weighted by Gasteiger charge is 2.08. The zero-order chi connectivity index (χ0) is 10.4. The van der Waals surface area contributed by atoms with Crippen molar-refractivity contribution in [3.05, 3.63) is 35.9 Å². The van der Waals surface area contributed by atoms with Crippen molar-refractivity contribution in [3.8, 4) is 0 Å². The van der Waals surface area contributed by atoms with Crippen LogP contribution < -0.4 is 0 Å². The van der Waals surface area contributed by atoms with Crippen molar-refractivity contribution < 1.29 is 0 Å². The van der Waals surface area contributed by atoms with Gasteiger partial charge in [-0.25, -0.2) is 0 Å². The van der Waals surface area contributed by atoms with Gasteiger partial charge in [-0.3, -0.25) is 0 Å². The molecule has 14 heavy (non-hydrogen) atoms.